The van der Waals surface area contributed by atoms with E-state index in [1.807, 2.05) is 6.92 Å². The SMILES string of the molecule is CC(=O)[Si-]([Si](C)(C)C)[Si](C)(C)C. The van der Waals surface area contributed by atoms with Crippen LogP contribution in [0.2, 0.25) is 39.3 Å². The molecule has 0 aromatic carbocycles. The predicted octanol–water partition coefficient (Wildman–Crippen LogP) is 2.44. The van der Waals surface area contributed by atoms with Gasteiger partial charge in [-0.3, -0.25) is 0 Å². The van der Waals surface area contributed by atoms with Crippen molar-refractivity contribution in [3.8, 4) is 0 Å². The zero-order chi connectivity index (χ0) is 10.2. The van der Waals surface area contributed by atoms with Crippen LogP contribution in [0.1, 0.15) is 6.92 Å². The van der Waals surface area contributed by atoms with Gasteiger partial charge in [0.25, 0.3) is 0 Å². The van der Waals surface area contributed by atoms with E-state index in [-0.39, 0.29) is 0 Å². The largest absolute Gasteiger partial charge is 0.342 e. The third kappa shape index (κ3) is 3.37. The topological polar surface area (TPSA) is 17.1 Å². The second-order valence-corrected chi connectivity index (χ2v) is 29.4. The second kappa shape index (κ2) is 3.59. The number of carbonyl (C=O) groups is 1. The summed E-state index contributed by atoms with van der Waals surface area (Å²) in [6.45, 7) is 15.9. The van der Waals surface area contributed by atoms with Crippen molar-refractivity contribution >= 4 is 28.4 Å². The quantitative estimate of drug-likeness (QED) is 0.664. The summed E-state index contributed by atoms with van der Waals surface area (Å²) in [4.78, 5) is 11.6. The summed E-state index contributed by atoms with van der Waals surface area (Å²) in [6, 6.07) is 0. The van der Waals surface area contributed by atoms with E-state index in [2.05, 4.69) is 39.3 Å². The molecule has 0 spiro atoms. The molecule has 0 aliphatic heterocycles. The van der Waals surface area contributed by atoms with Gasteiger partial charge in [0.05, 0.1) is 0 Å². The van der Waals surface area contributed by atoms with E-state index in [1.54, 1.807) is 0 Å². The number of rotatable bonds is 3. The molecule has 4 heteroatoms. The molecule has 0 unspecified atom stereocenters. The van der Waals surface area contributed by atoms with Crippen molar-refractivity contribution in [1.82, 2.24) is 0 Å². The molecule has 12 heavy (non-hydrogen) atoms. The van der Waals surface area contributed by atoms with E-state index in [1.165, 1.54) is 0 Å². The molecule has 0 aliphatic carbocycles. The van der Waals surface area contributed by atoms with E-state index in [4.69, 9.17) is 0 Å². The lowest BCUT2D eigenvalue weighted by Crippen LogP contribution is -2.62. The Morgan fingerprint density at radius 1 is 0.917 bits per heavy atom. The zero-order valence-electron chi connectivity index (χ0n) is 9.41. The third-order valence-electron chi connectivity index (χ3n) is 1.85. The van der Waals surface area contributed by atoms with Crippen molar-refractivity contribution in [1.29, 1.82) is 0 Å². The standard InChI is InChI=1S/C8H21OSi3/c1-8(9)10(11(2,3)4)12(5,6)7/h1-7H3/q-1. The van der Waals surface area contributed by atoms with E-state index < -0.39 is 23.0 Å². The predicted molar refractivity (Wildman–Crippen MR) is 63.1 cm³/mol. The lowest BCUT2D eigenvalue weighted by atomic mass is 10.9. The minimum absolute atomic E-state index is 0.526. The average molecular weight is 218 g/mol. The average Bonchev–Trinajstić information content (AvgIpc) is 1.49. The fraction of sp³-hybridized carbons (Fsp3) is 0.875. The van der Waals surface area contributed by atoms with Gasteiger partial charge in [-0.05, 0) is 12.3 Å². The maximum Gasteiger partial charge on any atom is -0.0285 e. The fourth-order valence-electron chi connectivity index (χ4n) is 2.18. The molecule has 0 radical (unpaired) electrons. The molecule has 0 saturated carbocycles. The molecular weight excluding hydrogens is 196 g/mol. The van der Waals surface area contributed by atoms with Crippen LogP contribution < -0.4 is 0 Å². The number of hydrogen-bond acceptors (Lipinski definition) is 1. The van der Waals surface area contributed by atoms with E-state index >= 15 is 0 Å². The summed E-state index contributed by atoms with van der Waals surface area (Å²) >= 11 is 0. The van der Waals surface area contributed by atoms with Gasteiger partial charge < -0.3 is 4.79 Å². The first-order valence-corrected chi connectivity index (χ1v) is 15.0. The van der Waals surface area contributed by atoms with Crippen molar-refractivity contribution < 1.29 is 4.79 Å². The highest BCUT2D eigenvalue weighted by Crippen LogP contribution is 2.18. The van der Waals surface area contributed by atoms with Gasteiger partial charge in [0, 0.05) is 0 Å². The molecule has 72 valence electrons. The van der Waals surface area contributed by atoms with Crippen LogP contribution in [-0.2, 0) is 4.79 Å². The Hall–Kier alpha value is 0.321. The molecule has 0 amide bonds. The van der Waals surface area contributed by atoms with Gasteiger partial charge in [-0.15, -0.1) is 0 Å². The van der Waals surface area contributed by atoms with Gasteiger partial charge in [0.15, 0.2) is 0 Å². The number of hydrogen-bond donors (Lipinski definition) is 0. The first-order valence-electron chi connectivity index (χ1n) is 4.45. The Bertz CT molecular complexity index is 162. The molecule has 0 saturated heterocycles. The Kier molecular flexibility index (Phi) is 3.69. The molecule has 0 fully saturated rings. The van der Waals surface area contributed by atoms with Crippen LogP contribution in [0.15, 0.2) is 0 Å². The summed E-state index contributed by atoms with van der Waals surface area (Å²) in [5.74, 6) is 0. The molecule has 0 atom stereocenters. The van der Waals surface area contributed by atoms with Crippen molar-refractivity contribution in [2.75, 3.05) is 0 Å². The Morgan fingerprint density at radius 2 is 1.17 bits per heavy atom. The Labute approximate surface area is 79.8 Å². The highest BCUT2D eigenvalue weighted by molar-refractivity contribution is 7.68. The number of carbonyl (C=O) groups excluding carboxylic acids is 1. The maximum absolute atomic E-state index is 11.6. The summed E-state index contributed by atoms with van der Waals surface area (Å²) in [6.07, 6.45) is 0. The molecule has 0 bridgehead atoms. The van der Waals surface area contributed by atoms with Gasteiger partial charge in [-0.25, -0.2) is 7.83 Å². The van der Waals surface area contributed by atoms with Gasteiger partial charge >= 0.3 is 0 Å². The Balaban J connectivity index is 4.82. The molecule has 0 aliphatic rings. The summed E-state index contributed by atoms with van der Waals surface area (Å²) in [5, 5.41) is 0.526. The van der Waals surface area contributed by atoms with Crippen LogP contribution in [0.5, 0.6) is 0 Å². The summed E-state index contributed by atoms with van der Waals surface area (Å²) in [7, 11) is -3.00. The molecule has 1 nitrogen and oxygen atoms in total. The van der Waals surface area contributed by atoms with Gasteiger partial charge in [-0.1, -0.05) is 54.5 Å². The van der Waals surface area contributed by atoms with E-state index in [0.29, 0.717) is 5.41 Å². The molecule has 0 rings (SSSR count). The van der Waals surface area contributed by atoms with Crippen LogP contribution in [0.4, 0.5) is 0 Å². The van der Waals surface area contributed by atoms with Crippen LogP contribution >= 0.6 is 0 Å². The Morgan fingerprint density at radius 3 is 1.17 bits per heavy atom. The van der Waals surface area contributed by atoms with Crippen LogP contribution in [-0.4, -0.2) is 28.4 Å². The van der Waals surface area contributed by atoms with Crippen LogP contribution in [0.3, 0.4) is 0 Å². The second-order valence-electron chi connectivity index (χ2n) is 5.43. The van der Waals surface area contributed by atoms with Crippen molar-refractivity contribution in [2.45, 2.75) is 46.2 Å². The van der Waals surface area contributed by atoms with Gasteiger partial charge in [-0.2, -0.15) is 0 Å². The van der Waals surface area contributed by atoms with Crippen LogP contribution in [0, 0.1) is 0 Å². The van der Waals surface area contributed by atoms with Gasteiger partial charge in [0.2, 0.25) is 0 Å². The first kappa shape index (κ1) is 12.3. The van der Waals surface area contributed by atoms with E-state index in [0.717, 1.165) is 0 Å². The minimum atomic E-state index is -1.17. The van der Waals surface area contributed by atoms with Crippen LogP contribution in [0.25, 0.3) is 0 Å². The van der Waals surface area contributed by atoms with Crippen molar-refractivity contribution in [3.63, 3.8) is 0 Å². The summed E-state index contributed by atoms with van der Waals surface area (Å²) in [5.41, 5.74) is 0. The van der Waals surface area contributed by atoms with E-state index in [9.17, 15) is 4.79 Å². The fourth-order valence-corrected chi connectivity index (χ4v) is 39.9. The molecule has 0 aromatic heterocycles. The monoisotopic (exact) mass is 217 g/mol. The maximum atomic E-state index is 11.6. The van der Waals surface area contributed by atoms with Crippen molar-refractivity contribution in [3.05, 3.63) is 0 Å². The first-order chi connectivity index (χ1) is 5.07. The summed E-state index contributed by atoms with van der Waals surface area (Å²) < 4.78 is 0. The smallest absolute Gasteiger partial charge is 0.0285 e. The normalized spacial score (nSPS) is 12.9. The third-order valence-corrected chi connectivity index (χ3v) is 30.2. The van der Waals surface area contributed by atoms with Gasteiger partial charge in [0.1, 0.15) is 0 Å². The molecular formula is C8H21OSi3-. The minimum Gasteiger partial charge on any atom is -0.342 e. The lowest BCUT2D eigenvalue weighted by Gasteiger charge is -2.50. The van der Waals surface area contributed by atoms with Crippen molar-refractivity contribution in [2.24, 2.45) is 0 Å². The molecule has 0 aromatic rings. The lowest BCUT2D eigenvalue weighted by molar-refractivity contribution is -0.110. The highest BCUT2D eigenvalue weighted by atomic mass is 29.6. The molecule has 0 N–H and O–H groups in total. The molecule has 0 heterocycles. The highest BCUT2D eigenvalue weighted by Gasteiger charge is 2.26. The zero-order valence-corrected chi connectivity index (χ0v) is 12.4.